The van der Waals surface area contributed by atoms with Crippen molar-refractivity contribution in [1.29, 1.82) is 0 Å². The van der Waals surface area contributed by atoms with Gasteiger partial charge in [0, 0.05) is 11.8 Å². The summed E-state index contributed by atoms with van der Waals surface area (Å²) < 4.78 is 24.0. The van der Waals surface area contributed by atoms with E-state index in [1.165, 1.54) is 12.1 Å². The Balaban J connectivity index is 1.50. The van der Waals surface area contributed by atoms with Crippen LogP contribution in [0.3, 0.4) is 0 Å². The fourth-order valence-electron chi connectivity index (χ4n) is 3.13. The molecule has 2 amide bonds. The van der Waals surface area contributed by atoms with Crippen LogP contribution in [0.15, 0.2) is 42.5 Å². The molecule has 0 spiro atoms. The maximum Gasteiger partial charge on any atom is 0.238 e. The third-order valence-electron chi connectivity index (χ3n) is 4.76. The molecule has 0 fully saturated rings. The number of ether oxygens (including phenoxy) is 2. The summed E-state index contributed by atoms with van der Waals surface area (Å²) in [6, 6.07) is 11.0. The Morgan fingerprint density at radius 2 is 1.70 bits per heavy atom. The van der Waals surface area contributed by atoms with Crippen LogP contribution in [0.4, 0.5) is 10.1 Å². The molecule has 0 aromatic heterocycles. The Bertz CT molecular complexity index is 888. The Labute approximate surface area is 175 Å². The van der Waals surface area contributed by atoms with E-state index in [0.717, 1.165) is 5.56 Å². The van der Waals surface area contributed by atoms with Gasteiger partial charge < -0.3 is 20.1 Å². The average Bonchev–Trinajstić information content (AvgIpc) is 2.73. The molecule has 0 saturated carbocycles. The standard InChI is InChI=1S/C22H26FN3O4/c1-3-26(13-21(27)24-15(2)16-4-6-17(23)7-5-16)14-22(28)25-18-8-9-19-20(12-18)30-11-10-29-19/h4-9,12,15H,3,10-11,13-14H2,1-2H3,(H,24,27)(H,25,28). The van der Waals surface area contributed by atoms with Gasteiger partial charge in [-0.2, -0.15) is 0 Å². The lowest BCUT2D eigenvalue weighted by Gasteiger charge is -2.22. The zero-order valence-electron chi connectivity index (χ0n) is 17.1. The molecule has 1 aliphatic heterocycles. The summed E-state index contributed by atoms with van der Waals surface area (Å²) in [6.45, 7) is 5.38. The van der Waals surface area contributed by atoms with Gasteiger partial charge in [-0.05, 0) is 43.3 Å². The maximum absolute atomic E-state index is 13.0. The van der Waals surface area contributed by atoms with Crippen molar-refractivity contribution in [2.75, 3.05) is 38.2 Å². The molecule has 7 nitrogen and oxygen atoms in total. The molecule has 2 aromatic carbocycles. The zero-order chi connectivity index (χ0) is 21.5. The highest BCUT2D eigenvalue weighted by Gasteiger charge is 2.17. The van der Waals surface area contributed by atoms with Crippen molar-refractivity contribution in [1.82, 2.24) is 10.2 Å². The van der Waals surface area contributed by atoms with Crippen LogP contribution in [0.1, 0.15) is 25.5 Å². The molecule has 1 heterocycles. The molecule has 0 saturated heterocycles. The molecule has 2 N–H and O–H groups in total. The van der Waals surface area contributed by atoms with Gasteiger partial charge in [-0.3, -0.25) is 14.5 Å². The number of nitrogens with zero attached hydrogens (tertiary/aromatic N) is 1. The van der Waals surface area contributed by atoms with Crippen LogP contribution in [-0.2, 0) is 9.59 Å². The number of halogens is 1. The first-order chi connectivity index (χ1) is 14.4. The third kappa shape index (κ3) is 5.93. The van der Waals surface area contributed by atoms with Crippen molar-refractivity contribution in [3.63, 3.8) is 0 Å². The first kappa shape index (κ1) is 21.6. The molecule has 8 heteroatoms. The summed E-state index contributed by atoms with van der Waals surface area (Å²) in [7, 11) is 0. The number of nitrogens with one attached hydrogen (secondary N) is 2. The fraction of sp³-hybridized carbons (Fsp3) is 0.364. The van der Waals surface area contributed by atoms with E-state index in [0.29, 0.717) is 36.9 Å². The number of carbonyl (C=O) groups is 2. The van der Waals surface area contributed by atoms with Crippen molar-refractivity contribution in [2.24, 2.45) is 0 Å². The van der Waals surface area contributed by atoms with E-state index >= 15 is 0 Å². The van der Waals surface area contributed by atoms with E-state index < -0.39 is 0 Å². The second-order valence-electron chi connectivity index (χ2n) is 7.05. The second-order valence-corrected chi connectivity index (χ2v) is 7.05. The Hall–Kier alpha value is -3.13. The van der Waals surface area contributed by atoms with Gasteiger partial charge in [-0.1, -0.05) is 19.1 Å². The highest BCUT2D eigenvalue weighted by Crippen LogP contribution is 2.32. The van der Waals surface area contributed by atoms with Crippen molar-refractivity contribution in [3.05, 3.63) is 53.8 Å². The number of hydrogen-bond acceptors (Lipinski definition) is 5. The minimum atomic E-state index is -0.321. The largest absolute Gasteiger partial charge is 0.486 e. The molecule has 0 radical (unpaired) electrons. The van der Waals surface area contributed by atoms with Crippen molar-refractivity contribution >= 4 is 17.5 Å². The molecule has 1 aliphatic rings. The van der Waals surface area contributed by atoms with Crippen LogP contribution in [0.5, 0.6) is 11.5 Å². The van der Waals surface area contributed by atoms with Crippen LogP contribution < -0.4 is 20.1 Å². The Morgan fingerprint density at radius 1 is 1.03 bits per heavy atom. The monoisotopic (exact) mass is 415 g/mol. The van der Waals surface area contributed by atoms with E-state index in [1.54, 1.807) is 35.2 Å². The first-order valence-corrected chi connectivity index (χ1v) is 9.91. The van der Waals surface area contributed by atoms with E-state index in [-0.39, 0.29) is 36.8 Å². The van der Waals surface area contributed by atoms with Gasteiger partial charge in [0.15, 0.2) is 11.5 Å². The molecule has 1 atom stereocenters. The molecule has 160 valence electrons. The summed E-state index contributed by atoms with van der Waals surface area (Å²) >= 11 is 0. The predicted octanol–water partition coefficient (Wildman–Crippen LogP) is 2.73. The number of anilines is 1. The van der Waals surface area contributed by atoms with Gasteiger partial charge >= 0.3 is 0 Å². The molecular formula is C22H26FN3O4. The summed E-state index contributed by atoms with van der Waals surface area (Å²) in [5.74, 6) is 0.495. The molecule has 0 aliphatic carbocycles. The van der Waals surface area contributed by atoms with Crippen LogP contribution in [0, 0.1) is 5.82 Å². The molecule has 2 aromatic rings. The third-order valence-corrected chi connectivity index (χ3v) is 4.76. The molecule has 0 bridgehead atoms. The van der Waals surface area contributed by atoms with E-state index in [2.05, 4.69) is 10.6 Å². The van der Waals surface area contributed by atoms with Gasteiger partial charge in [-0.25, -0.2) is 4.39 Å². The number of carbonyl (C=O) groups excluding carboxylic acids is 2. The van der Waals surface area contributed by atoms with E-state index in [4.69, 9.17) is 9.47 Å². The Morgan fingerprint density at radius 3 is 2.40 bits per heavy atom. The highest BCUT2D eigenvalue weighted by atomic mass is 19.1. The predicted molar refractivity (Wildman–Crippen MR) is 111 cm³/mol. The molecule has 30 heavy (non-hydrogen) atoms. The molecular weight excluding hydrogens is 389 g/mol. The lowest BCUT2D eigenvalue weighted by atomic mass is 10.1. The fourth-order valence-corrected chi connectivity index (χ4v) is 3.13. The number of fused-ring (bicyclic) bond motifs is 1. The second kappa shape index (κ2) is 10.1. The minimum Gasteiger partial charge on any atom is -0.486 e. The number of rotatable bonds is 8. The Kier molecular flexibility index (Phi) is 7.24. The SMILES string of the molecule is CCN(CC(=O)Nc1ccc2c(c1)OCCO2)CC(=O)NC(C)c1ccc(F)cc1. The van der Waals surface area contributed by atoms with Crippen molar-refractivity contribution in [3.8, 4) is 11.5 Å². The zero-order valence-corrected chi connectivity index (χ0v) is 17.1. The van der Waals surface area contributed by atoms with Crippen LogP contribution in [0.25, 0.3) is 0 Å². The molecule has 1 unspecified atom stereocenters. The number of amides is 2. The van der Waals surface area contributed by atoms with Crippen molar-refractivity contribution < 1.29 is 23.5 Å². The quantitative estimate of drug-likeness (QED) is 0.693. The van der Waals surface area contributed by atoms with Gasteiger partial charge in [-0.15, -0.1) is 0 Å². The first-order valence-electron chi connectivity index (χ1n) is 9.91. The normalized spacial score (nSPS) is 13.6. The van der Waals surface area contributed by atoms with Crippen molar-refractivity contribution in [2.45, 2.75) is 19.9 Å². The lowest BCUT2D eigenvalue weighted by Crippen LogP contribution is -2.41. The number of benzene rings is 2. The van der Waals surface area contributed by atoms with Gasteiger partial charge in [0.1, 0.15) is 19.0 Å². The van der Waals surface area contributed by atoms with Crippen LogP contribution in [-0.4, -0.2) is 49.6 Å². The summed E-state index contributed by atoms with van der Waals surface area (Å²) in [4.78, 5) is 26.5. The topological polar surface area (TPSA) is 79.9 Å². The number of likely N-dealkylation sites (N-methyl/N-ethyl adjacent to an activating group) is 1. The summed E-state index contributed by atoms with van der Waals surface area (Å²) in [6.07, 6.45) is 0. The van der Waals surface area contributed by atoms with Gasteiger partial charge in [0.2, 0.25) is 11.8 Å². The number of hydrogen-bond donors (Lipinski definition) is 2. The minimum absolute atomic E-state index is 0.0727. The van der Waals surface area contributed by atoms with Crippen LogP contribution >= 0.6 is 0 Å². The highest BCUT2D eigenvalue weighted by molar-refractivity contribution is 5.93. The summed E-state index contributed by atoms with van der Waals surface area (Å²) in [5, 5.41) is 5.69. The van der Waals surface area contributed by atoms with Gasteiger partial charge in [0.05, 0.1) is 19.1 Å². The summed E-state index contributed by atoms with van der Waals surface area (Å²) in [5.41, 5.74) is 1.42. The smallest absolute Gasteiger partial charge is 0.238 e. The van der Waals surface area contributed by atoms with Gasteiger partial charge in [0.25, 0.3) is 0 Å². The van der Waals surface area contributed by atoms with Crippen LogP contribution in [0.2, 0.25) is 0 Å². The van der Waals surface area contributed by atoms with E-state index in [1.807, 2.05) is 13.8 Å². The molecule has 3 rings (SSSR count). The lowest BCUT2D eigenvalue weighted by molar-refractivity contribution is -0.123. The average molecular weight is 415 g/mol. The maximum atomic E-state index is 13.0. The van der Waals surface area contributed by atoms with E-state index in [9.17, 15) is 14.0 Å².